The van der Waals surface area contributed by atoms with E-state index < -0.39 is 0 Å². The van der Waals surface area contributed by atoms with Crippen LogP contribution in [0, 0.1) is 13.8 Å². The molecule has 0 aliphatic heterocycles. The summed E-state index contributed by atoms with van der Waals surface area (Å²) >= 11 is 1.78. The van der Waals surface area contributed by atoms with Crippen LogP contribution in [0.4, 0.5) is 0 Å². The zero-order valence-corrected chi connectivity index (χ0v) is 12.1. The van der Waals surface area contributed by atoms with Crippen molar-refractivity contribution in [2.75, 3.05) is 0 Å². The minimum Gasteiger partial charge on any atom is -0.346 e. The Labute approximate surface area is 108 Å². The molecule has 0 spiro atoms. The molecule has 1 N–H and O–H groups in total. The van der Waals surface area contributed by atoms with Crippen LogP contribution in [0.25, 0.3) is 0 Å². The van der Waals surface area contributed by atoms with Gasteiger partial charge in [0, 0.05) is 15.3 Å². The number of hydrogen-bond donors (Lipinski definition) is 1. The first-order valence-electron chi connectivity index (χ1n) is 6.00. The predicted molar refractivity (Wildman–Crippen MR) is 74.4 cm³/mol. The fraction of sp³-hybridized carbons (Fsp3) is 0.500. The van der Waals surface area contributed by atoms with Gasteiger partial charge >= 0.3 is 0 Å². The molecule has 1 atom stereocenters. The Kier molecular flexibility index (Phi) is 4.94. The average Bonchev–Trinajstić information content (AvgIpc) is 2.58. The molecule has 0 bridgehead atoms. The van der Waals surface area contributed by atoms with Crippen molar-refractivity contribution in [1.82, 2.24) is 5.32 Å². The van der Waals surface area contributed by atoms with Crippen LogP contribution >= 0.6 is 11.3 Å². The van der Waals surface area contributed by atoms with Crippen molar-refractivity contribution in [3.63, 3.8) is 0 Å². The Morgan fingerprint density at radius 3 is 2.65 bits per heavy atom. The molecule has 1 amide bonds. The van der Waals surface area contributed by atoms with Gasteiger partial charge in [0.05, 0.1) is 6.04 Å². The lowest BCUT2D eigenvalue weighted by atomic mass is 10.1. The highest BCUT2D eigenvalue weighted by atomic mass is 32.1. The molecular formula is C14H21NOS. The van der Waals surface area contributed by atoms with Gasteiger partial charge in [0.1, 0.15) is 0 Å². The van der Waals surface area contributed by atoms with Crippen molar-refractivity contribution in [3.8, 4) is 0 Å². The molecule has 0 fully saturated rings. The quantitative estimate of drug-likeness (QED) is 0.808. The van der Waals surface area contributed by atoms with E-state index in [1.807, 2.05) is 26.8 Å². The third kappa shape index (κ3) is 3.70. The topological polar surface area (TPSA) is 29.1 Å². The summed E-state index contributed by atoms with van der Waals surface area (Å²) in [7, 11) is 0. The number of allylic oxidation sites excluding steroid dienone is 1. The van der Waals surface area contributed by atoms with Gasteiger partial charge in [0.15, 0.2) is 0 Å². The highest BCUT2D eigenvalue weighted by molar-refractivity contribution is 7.12. The normalized spacial score (nSPS) is 13.6. The predicted octanol–water partition coefficient (Wildman–Crippen LogP) is 3.90. The van der Waals surface area contributed by atoms with Crippen molar-refractivity contribution in [2.24, 2.45) is 0 Å². The van der Waals surface area contributed by atoms with Crippen molar-refractivity contribution < 1.29 is 4.79 Å². The second-order valence-electron chi connectivity index (χ2n) is 4.36. The maximum atomic E-state index is 11.9. The first-order chi connectivity index (χ1) is 7.95. The van der Waals surface area contributed by atoms with E-state index in [9.17, 15) is 4.79 Å². The molecule has 1 aromatic rings. The smallest absolute Gasteiger partial charge is 0.247 e. The first-order valence-corrected chi connectivity index (χ1v) is 6.81. The second-order valence-corrected chi connectivity index (χ2v) is 5.82. The van der Waals surface area contributed by atoms with E-state index in [4.69, 9.17) is 0 Å². The Bertz CT molecular complexity index is 431. The molecule has 0 aromatic carbocycles. The fourth-order valence-electron chi connectivity index (χ4n) is 1.87. The zero-order valence-electron chi connectivity index (χ0n) is 11.3. The van der Waals surface area contributed by atoms with E-state index in [2.05, 4.69) is 25.2 Å². The highest BCUT2D eigenvalue weighted by Gasteiger charge is 2.14. The molecule has 1 aromatic heterocycles. The van der Waals surface area contributed by atoms with Gasteiger partial charge in [0.2, 0.25) is 5.91 Å². The van der Waals surface area contributed by atoms with E-state index in [0.717, 1.165) is 12.0 Å². The number of nitrogens with one attached hydrogen (secondary N) is 1. The molecular weight excluding hydrogens is 230 g/mol. The molecule has 0 aliphatic rings. The maximum absolute atomic E-state index is 11.9. The van der Waals surface area contributed by atoms with Gasteiger partial charge in [-0.25, -0.2) is 0 Å². The lowest BCUT2D eigenvalue weighted by Crippen LogP contribution is -2.27. The molecule has 1 heterocycles. The van der Waals surface area contributed by atoms with Crippen LogP contribution in [0.2, 0.25) is 0 Å². The number of thiophene rings is 1. The van der Waals surface area contributed by atoms with Gasteiger partial charge in [-0.05, 0) is 45.7 Å². The Balaban J connectivity index is 2.73. The van der Waals surface area contributed by atoms with E-state index in [0.29, 0.717) is 0 Å². The Hall–Kier alpha value is -1.09. The number of hydrogen-bond acceptors (Lipinski definition) is 2. The van der Waals surface area contributed by atoms with Gasteiger partial charge in [-0.15, -0.1) is 11.3 Å². The summed E-state index contributed by atoms with van der Waals surface area (Å²) in [6, 6.07) is 2.23. The minimum absolute atomic E-state index is 0.0302. The highest BCUT2D eigenvalue weighted by Crippen LogP contribution is 2.26. The third-order valence-corrected chi connectivity index (χ3v) is 3.74. The van der Waals surface area contributed by atoms with Gasteiger partial charge in [-0.1, -0.05) is 13.0 Å². The third-order valence-electron chi connectivity index (χ3n) is 2.76. The van der Waals surface area contributed by atoms with Crippen LogP contribution < -0.4 is 5.32 Å². The summed E-state index contributed by atoms with van der Waals surface area (Å²) in [5, 5.41) is 3.03. The van der Waals surface area contributed by atoms with Crippen molar-refractivity contribution in [3.05, 3.63) is 33.0 Å². The van der Waals surface area contributed by atoms with Gasteiger partial charge in [-0.2, -0.15) is 0 Å². The van der Waals surface area contributed by atoms with Crippen LogP contribution in [-0.2, 0) is 4.79 Å². The minimum atomic E-state index is 0.0302. The van der Waals surface area contributed by atoms with E-state index >= 15 is 0 Å². The van der Waals surface area contributed by atoms with Crippen LogP contribution in [-0.4, -0.2) is 5.91 Å². The summed E-state index contributed by atoms with van der Waals surface area (Å²) in [6.07, 6.45) is 2.85. The lowest BCUT2D eigenvalue weighted by molar-refractivity contribution is -0.118. The molecule has 3 heteroatoms. The molecule has 0 saturated carbocycles. The summed E-state index contributed by atoms with van der Waals surface area (Å²) in [4.78, 5) is 14.4. The summed E-state index contributed by atoms with van der Waals surface area (Å²) < 4.78 is 0. The largest absolute Gasteiger partial charge is 0.346 e. The van der Waals surface area contributed by atoms with Crippen LogP contribution in [0.5, 0.6) is 0 Å². The van der Waals surface area contributed by atoms with Crippen LogP contribution in [0.1, 0.15) is 48.6 Å². The number of amides is 1. The zero-order chi connectivity index (χ0) is 13.0. The van der Waals surface area contributed by atoms with Crippen molar-refractivity contribution in [1.29, 1.82) is 0 Å². The van der Waals surface area contributed by atoms with E-state index in [1.54, 1.807) is 11.3 Å². The standard InChI is InChI=1S/C14H21NOS/c1-6-7-9(2)14(16)15-11(4)13-8-10(3)17-12(13)5/h7-8,11H,6H2,1-5H3,(H,15,16). The second kappa shape index (κ2) is 6.01. The van der Waals surface area contributed by atoms with Gasteiger partial charge in [-0.3, -0.25) is 4.79 Å². The summed E-state index contributed by atoms with van der Waals surface area (Å²) in [6.45, 7) is 10.1. The Morgan fingerprint density at radius 1 is 1.53 bits per heavy atom. The molecule has 94 valence electrons. The van der Waals surface area contributed by atoms with E-state index in [1.165, 1.54) is 15.3 Å². The number of carbonyl (C=O) groups excluding carboxylic acids is 1. The molecule has 0 saturated heterocycles. The summed E-state index contributed by atoms with van der Waals surface area (Å²) in [5.41, 5.74) is 2.02. The number of carbonyl (C=O) groups is 1. The molecule has 2 nitrogen and oxygen atoms in total. The summed E-state index contributed by atoms with van der Waals surface area (Å²) in [5.74, 6) is 0.0302. The maximum Gasteiger partial charge on any atom is 0.247 e. The van der Waals surface area contributed by atoms with E-state index in [-0.39, 0.29) is 11.9 Å². The van der Waals surface area contributed by atoms with Crippen molar-refractivity contribution >= 4 is 17.2 Å². The molecule has 1 unspecified atom stereocenters. The van der Waals surface area contributed by atoms with Gasteiger partial charge < -0.3 is 5.32 Å². The van der Waals surface area contributed by atoms with Crippen molar-refractivity contribution in [2.45, 2.75) is 47.1 Å². The molecule has 17 heavy (non-hydrogen) atoms. The van der Waals surface area contributed by atoms with Gasteiger partial charge in [0.25, 0.3) is 0 Å². The average molecular weight is 251 g/mol. The SMILES string of the molecule is CCC=C(C)C(=O)NC(C)c1cc(C)sc1C. The lowest BCUT2D eigenvalue weighted by Gasteiger charge is -2.14. The van der Waals surface area contributed by atoms with Crippen LogP contribution in [0.15, 0.2) is 17.7 Å². The number of aryl methyl sites for hydroxylation is 2. The first kappa shape index (κ1) is 14.0. The monoisotopic (exact) mass is 251 g/mol. The Morgan fingerprint density at radius 2 is 2.18 bits per heavy atom. The molecule has 0 radical (unpaired) electrons. The molecule has 0 aliphatic carbocycles. The van der Waals surface area contributed by atoms with Crippen LogP contribution in [0.3, 0.4) is 0 Å². The fourth-order valence-corrected chi connectivity index (χ4v) is 2.89. The molecule has 1 rings (SSSR count). The number of rotatable bonds is 4.